The highest BCUT2D eigenvalue weighted by Gasteiger charge is 2.37. The molecule has 2 heterocycles. The molecule has 0 radical (unpaired) electrons. The molecule has 1 saturated heterocycles. The summed E-state index contributed by atoms with van der Waals surface area (Å²) in [4.78, 5) is 40.1. The molecule has 0 unspecified atom stereocenters. The standard InChI is InChI=1S/C22H28N2O4S/c1-6-24-17-9-8-15(10-16(17)14(3)12-22(24,4)5)11-18-20(26)23(21(27)29-18)13-19(25)28-7-2/h8-11,14H,6-7,12-13H2,1-5H3/b18-11+/t14-/m1/s1. The molecule has 1 aromatic rings. The highest BCUT2D eigenvalue weighted by Crippen LogP contribution is 2.44. The lowest BCUT2D eigenvalue weighted by atomic mass is 9.79. The van der Waals surface area contributed by atoms with Gasteiger partial charge in [0.2, 0.25) is 0 Å². The average molecular weight is 417 g/mol. The minimum Gasteiger partial charge on any atom is -0.465 e. The van der Waals surface area contributed by atoms with Gasteiger partial charge >= 0.3 is 5.97 Å². The fourth-order valence-electron chi connectivity index (χ4n) is 4.32. The second-order valence-electron chi connectivity index (χ2n) is 8.05. The molecule has 1 fully saturated rings. The molecular weight excluding hydrogens is 388 g/mol. The van der Waals surface area contributed by atoms with Gasteiger partial charge in [-0.05, 0) is 81.1 Å². The largest absolute Gasteiger partial charge is 0.465 e. The number of fused-ring (bicyclic) bond motifs is 1. The van der Waals surface area contributed by atoms with E-state index in [0.29, 0.717) is 10.8 Å². The van der Waals surface area contributed by atoms with Crippen molar-refractivity contribution < 1.29 is 19.1 Å². The summed E-state index contributed by atoms with van der Waals surface area (Å²) < 4.78 is 4.85. The fraction of sp³-hybridized carbons (Fsp3) is 0.500. The maximum Gasteiger partial charge on any atom is 0.326 e. The van der Waals surface area contributed by atoms with Crippen molar-refractivity contribution >= 4 is 40.6 Å². The smallest absolute Gasteiger partial charge is 0.326 e. The lowest BCUT2D eigenvalue weighted by Crippen LogP contribution is -2.48. The zero-order chi connectivity index (χ0) is 21.3. The molecule has 2 aliphatic rings. The van der Waals surface area contributed by atoms with Crippen LogP contribution in [0, 0.1) is 0 Å². The number of amides is 2. The van der Waals surface area contributed by atoms with Gasteiger partial charge in [0.15, 0.2) is 0 Å². The Morgan fingerprint density at radius 3 is 2.69 bits per heavy atom. The Bertz CT molecular complexity index is 878. The van der Waals surface area contributed by atoms with Gasteiger partial charge in [-0.2, -0.15) is 0 Å². The van der Waals surface area contributed by atoms with Crippen molar-refractivity contribution in [2.75, 3.05) is 24.6 Å². The summed E-state index contributed by atoms with van der Waals surface area (Å²) in [6, 6.07) is 6.19. The van der Waals surface area contributed by atoms with Crippen molar-refractivity contribution in [3.05, 3.63) is 34.2 Å². The maximum absolute atomic E-state index is 12.6. The molecule has 0 bridgehead atoms. The fourth-order valence-corrected chi connectivity index (χ4v) is 5.16. The van der Waals surface area contributed by atoms with Gasteiger partial charge in [0.1, 0.15) is 6.54 Å². The van der Waals surface area contributed by atoms with Crippen LogP contribution in [0.2, 0.25) is 0 Å². The van der Waals surface area contributed by atoms with Gasteiger partial charge in [-0.3, -0.25) is 19.3 Å². The lowest BCUT2D eigenvalue weighted by Gasteiger charge is -2.47. The monoisotopic (exact) mass is 416 g/mol. The van der Waals surface area contributed by atoms with E-state index in [2.05, 4.69) is 44.7 Å². The lowest BCUT2D eigenvalue weighted by molar-refractivity contribution is -0.145. The SMILES string of the molecule is CCOC(=O)CN1C(=O)S/C(=C/c2ccc3c(c2)[C@H](C)CC(C)(C)N3CC)C1=O. The summed E-state index contributed by atoms with van der Waals surface area (Å²) >= 11 is 0.860. The third kappa shape index (κ3) is 4.20. The average Bonchev–Trinajstić information content (AvgIpc) is 2.89. The number of nitrogens with zero attached hydrogens (tertiary/aromatic N) is 2. The van der Waals surface area contributed by atoms with Crippen LogP contribution in [-0.2, 0) is 14.3 Å². The summed E-state index contributed by atoms with van der Waals surface area (Å²) in [5.74, 6) is -0.633. The molecule has 0 aromatic heterocycles. The normalized spacial score (nSPS) is 22.2. The second kappa shape index (κ2) is 8.22. The minimum atomic E-state index is -0.582. The Kier molecular flexibility index (Phi) is 6.08. The molecule has 29 heavy (non-hydrogen) atoms. The van der Waals surface area contributed by atoms with E-state index in [9.17, 15) is 14.4 Å². The van der Waals surface area contributed by atoms with E-state index in [1.54, 1.807) is 13.0 Å². The summed E-state index contributed by atoms with van der Waals surface area (Å²) in [5, 5.41) is -0.445. The third-order valence-corrected chi connectivity index (χ3v) is 6.40. The van der Waals surface area contributed by atoms with E-state index in [0.717, 1.165) is 35.2 Å². The van der Waals surface area contributed by atoms with Crippen molar-refractivity contribution in [2.45, 2.75) is 52.5 Å². The maximum atomic E-state index is 12.6. The molecule has 3 rings (SSSR count). The van der Waals surface area contributed by atoms with Crippen molar-refractivity contribution in [3.8, 4) is 0 Å². The molecule has 0 aliphatic carbocycles. The molecule has 156 valence electrons. The Balaban J connectivity index is 1.87. The zero-order valence-corrected chi connectivity index (χ0v) is 18.5. The van der Waals surface area contributed by atoms with E-state index < -0.39 is 17.1 Å². The van der Waals surface area contributed by atoms with E-state index in [-0.39, 0.29) is 18.7 Å². The number of benzene rings is 1. The third-order valence-electron chi connectivity index (χ3n) is 5.49. The number of esters is 1. The molecule has 6 nitrogen and oxygen atoms in total. The molecule has 2 amide bonds. The van der Waals surface area contributed by atoms with Gasteiger partial charge < -0.3 is 9.64 Å². The molecule has 1 aromatic carbocycles. The van der Waals surface area contributed by atoms with Crippen LogP contribution in [0.5, 0.6) is 0 Å². The Morgan fingerprint density at radius 2 is 2.03 bits per heavy atom. The van der Waals surface area contributed by atoms with Crippen LogP contribution in [0.25, 0.3) is 6.08 Å². The van der Waals surface area contributed by atoms with Gasteiger partial charge in [-0.1, -0.05) is 13.0 Å². The van der Waals surface area contributed by atoms with Crippen LogP contribution < -0.4 is 4.90 Å². The highest BCUT2D eigenvalue weighted by molar-refractivity contribution is 8.18. The molecule has 7 heteroatoms. The van der Waals surface area contributed by atoms with Gasteiger partial charge in [0.05, 0.1) is 11.5 Å². The van der Waals surface area contributed by atoms with Crippen molar-refractivity contribution in [3.63, 3.8) is 0 Å². The molecule has 0 saturated carbocycles. The van der Waals surface area contributed by atoms with E-state index in [1.807, 2.05) is 6.07 Å². The number of anilines is 1. The van der Waals surface area contributed by atoms with Crippen LogP contribution in [0.3, 0.4) is 0 Å². The number of carbonyl (C=O) groups excluding carboxylic acids is 3. The van der Waals surface area contributed by atoms with Gasteiger partial charge in [0, 0.05) is 17.8 Å². The first kappa shape index (κ1) is 21.4. The Labute approximate surface area is 176 Å². The summed E-state index contributed by atoms with van der Waals surface area (Å²) in [6.07, 6.45) is 2.78. The topological polar surface area (TPSA) is 66.9 Å². The number of imide groups is 1. The number of carbonyl (C=O) groups is 3. The Hall–Kier alpha value is -2.28. The quantitative estimate of drug-likeness (QED) is 0.524. The summed E-state index contributed by atoms with van der Waals surface area (Å²) in [7, 11) is 0. The van der Waals surface area contributed by atoms with Crippen LogP contribution in [0.15, 0.2) is 23.1 Å². The van der Waals surface area contributed by atoms with E-state index >= 15 is 0 Å². The number of ether oxygens (including phenoxy) is 1. The van der Waals surface area contributed by atoms with E-state index in [4.69, 9.17) is 4.74 Å². The van der Waals surface area contributed by atoms with E-state index in [1.165, 1.54) is 11.3 Å². The number of rotatable bonds is 5. The molecule has 1 atom stereocenters. The zero-order valence-electron chi connectivity index (χ0n) is 17.7. The first-order valence-corrected chi connectivity index (χ1v) is 10.8. The summed E-state index contributed by atoms with van der Waals surface area (Å²) in [6.45, 7) is 11.4. The van der Waals surface area contributed by atoms with Crippen molar-refractivity contribution in [2.24, 2.45) is 0 Å². The van der Waals surface area contributed by atoms with Crippen LogP contribution in [0.4, 0.5) is 10.5 Å². The molecule has 0 N–H and O–H groups in total. The first-order valence-electron chi connectivity index (χ1n) is 10.0. The highest BCUT2D eigenvalue weighted by atomic mass is 32.2. The van der Waals surface area contributed by atoms with Crippen LogP contribution in [-0.4, -0.2) is 47.3 Å². The van der Waals surface area contributed by atoms with Crippen molar-refractivity contribution in [1.82, 2.24) is 4.90 Å². The van der Waals surface area contributed by atoms with Crippen LogP contribution >= 0.6 is 11.8 Å². The van der Waals surface area contributed by atoms with Gasteiger partial charge in [0.25, 0.3) is 11.1 Å². The number of hydrogen-bond acceptors (Lipinski definition) is 6. The molecule has 2 aliphatic heterocycles. The Morgan fingerprint density at radius 1 is 1.31 bits per heavy atom. The predicted molar refractivity (Wildman–Crippen MR) is 116 cm³/mol. The van der Waals surface area contributed by atoms with Gasteiger partial charge in [-0.15, -0.1) is 0 Å². The van der Waals surface area contributed by atoms with Gasteiger partial charge in [-0.25, -0.2) is 0 Å². The van der Waals surface area contributed by atoms with Crippen LogP contribution in [0.1, 0.15) is 58.1 Å². The number of thioether (sulfide) groups is 1. The number of hydrogen-bond donors (Lipinski definition) is 0. The second-order valence-corrected chi connectivity index (χ2v) is 9.05. The molecule has 0 spiro atoms. The first-order chi connectivity index (χ1) is 13.7. The molecular formula is C22H28N2O4S. The van der Waals surface area contributed by atoms with Crippen molar-refractivity contribution in [1.29, 1.82) is 0 Å². The summed E-state index contributed by atoms with van der Waals surface area (Å²) in [5.41, 5.74) is 3.46. The minimum absolute atomic E-state index is 0.0957. The predicted octanol–water partition coefficient (Wildman–Crippen LogP) is 4.40.